The standard InChI is InChI=1S/C20H19FN4O4/c21-15-4-2-1-3-12(15)11-29-13-5-6-16-14(9-13)18-20(28)24(7-8-25(18)23-16)17(10-26)19(22)27/h1-6,9,17,26H,7-8,10-11H2,(H2,22,27). The lowest BCUT2D eigenvalue weighted by Gasteiger charge is -2.32. The number of aromatic nitrogens is 2. The van der Waals surface area contributed by atoms with E-state index in [2.05, 4.69) is 5.10 Å². The minimum atomic E-state index is -1.10. The number of aliphatic hydroxyl groups excluding tert-OH is 1. The van der Waals surface area contributed by atoms with E-state index >= 15 is 0 Å². The van der Waals surface area contributed by atoms with Gasteiger partial charge in [0.05, 0.1) is 18.7 Å². The van der Waals surface area contributed by atoms with Crippen molar-refractivity contribution >= 4 is 22.7 Å². The van der Waals surface area contributed by atoms with Crippen LogP contribution in [0.25, 0.3) is 10.9 Å². The predicted molar refractivity (Wildman–Crippen MR) is 102 cm³/mol. The van der Waals surface area contributed by atoms with Gasteiger partial charge >= 0.3 is 0 Å². The average Bonchev–Trinajstić information content (AvgIpc) is 3.08. The number of rotatable bonds is 6. The Morgan fingerprint density at radius 2 is 2.07 bits per heavy atom. The minimum absolute atomic E-state index is 0.0377. The van der Waals surface area contributed by atoms with Gasteiger partial charge < -0.3 is 20.5 Å². The molecule has 3 aromatic rings. The maximum absolute atomic E-state index is 13.8. The number of carbonyl (C=O) groups is 2. The molecule has 1 aliphatic heterocycles. The number of amides is 2. The van der Waals surface area contributed by atoms with Gasteiger partial charge in [-0.1, -0.05) is 18.2 Å². The van der Waals surface area contributed by atoms with Crippen LogP contribution in [0.15, 0.2) is 42.5 Å². The summed E-state index contributed by atoms with van der Waals surface area (Å²) in [5.41, 5.74) is 6.61. The Labute approximate surface area is 165 Å². The molecule has 0 aliphatic carbocycles. The number of ether oxygens (including phenoxy) is 1. The first kappa shape index (κ1) is 18.9. The van der Waals surface area contributed by atoms with Crippen LogP contribution < -0.4 is 10.5 Å². The van der Waals surface area contributed by atoms with Gasteiger partial charge in [0, 0.05) is 17.5 Å². The molecule has 0 fully saturated rings. The molecule has 9 heteroatoms. The topological polar surface area (TPSA) is 111 Å². The number of hydrogen-bond acceptors (Lipinski definition) is 5. The normalized spacial score (nSPS) is 14.7. The monoisotopic (exact) mass is 398 g/mol. The zero-order valence-corrected chi connectivity index (χ0v) is 15.4. The first-order chi connectivity index (χ1) is 14.0. The molecule has 0 saturated carbocycles. The maximum atomic E-state index is 13.8. The molecule has 29 heavy (non-hydrogen) atoms. The summed E-state index contributed by atoms with van der Waals surface area (Å²) in [5, 5.41) is 14.4. The summed E-state index contributed by atoms with van der Waals surface area (Å²) < 4.78 is 21.1. The lowest BCUT2D eigenvalue weighted by Crippen LogP contribution is -2.53. The number of fused-ring (bicyclic) bond motifs is 3. The van der Waals surface area contributed by atoms with E-state index in [-0.39, 0.29) is 19.0 Å². The predicted octanol–water partition coefficient (Wildman–Crippen LogP) is 1.06. The van der Waals surface area contributed by atoms with Crippen molar-refractivity contribution in [2.24, 2.45) is 5.73 Å². The van der Waals surface area contributed by atoms with Gasteiger partial charge in [-0.2, -0.15) is 5.10 Å². The SMILES string of the molecule is NC(=O)C(CO)N1CCn2nc3ccc(OCc4ccccc4F)cc3c2C1=O. The molecule has 8 nitrogen and oxygen atoms in total. The van der Waals surface area contributed by atoms with Crippen molar-refractivity contribution in [3.63, 3.8) is 0 Å². The Morgan fingerprint density at radius 1 is 1.28 bits per heavy atom. The Kier molecular flexibility index (Phi) is 4.89. The fourth-order valence-corrected chi connectivity index (χ4v) is 3.44. The van der Waals surface area contributed by atoms with E-state index in [4.69, 9.17) is 10.5 Å². The van der Waals surface area contributed by atoms with Gasteiger partial charge in [-0.3, -0.25) is 14.3 Å². The Balaban J connectivity index is 1.64. The molecule has 150 valence electrons. The maximum Gasteiger partial charge on any atom is 0.273 e. The molecule has 1 aromatic heterocycles. The zero-order chi connectivity index (χ0) is 20.5. The second kappa shape index (κ2) is 7.51. The van der Waals surface area contributed by atoms with Gasteiger partial charge in [0.2, 0.25) is 5.91 Å². The number of benzene rings is 2. The molecule has 3 N–H and O–H groups in total. The van der Waals surface area contributed by atoms with Gasteiger partial charge in [-0.15, -0.1) is 0 Å². The summed E-state index contributed by atoms with van der Waals surface area (Å²) in [5.74, 6) is -1.12. The number of hydrogen-bond donors (Lipinski definition) is 2. The molecular weight excluding hydrogens is 379 g/mol. The van der Waals surface area contributed by atoms with E-state index in [1.165, 1.54) is 11.0 Å². The third-order valence-corrected chi connectivity index (χ3v) is 4.96. The number of nitrogens with two attached hydrogens (primary N) is 1. The summed E-state index contributed by atoms with van der Waals surface area (Å²) in [6.07, 6.45) is 0. The average molecular weight is 398 g/mol. The van der Waals surface area contributed by atoms with Gasteiger partial charge in [0.1, 0.15) is 29.9 Å². The van der Waals surface area contributed by atoms with Crippen LogP contribution in [0.2, 0.25) is 0 Å². The van der Waals surface area contributed by atoms with Crippen molar-refractivity contribution in [2.45, 2.75) is 19.2 Å². The molecule has 0 spiro atoms. The molecule has 0 radical (unpaired) electrons. The third-order valence-electron chi connectivity index (χ3n) is 4.96. The highest BCUT2D eigenvalue weighted by Crippen LogP contribution is 2.28. The van der Waals surface area contributed by atoms with Crippen LogP contribution in [-0.2, 0) is 17.9 Å². The van der Waals surface area contributed by atoms with E-state index in [1.807, 2.05) is 0 Å². The number of primary amides is 1. The summed E-state index contributed by atoms with van der Waals surface area (Å²) in [4.78, 5) is 25.8. The van der Waals surface area contributed by atoms with Crippen molar-refractivity contribution in [1.82, 2.24) is 14.7 Å². The fraction of sp³-hybridized carbons (Fsp3) is 0.250. The molecule has 2 amide bonds. The van der Waals surface area contributed by atoms with Gasteiger partial charge in [-0.25, -0.2) is 4.39 Å². The van der Waals surface area contributed by atoms with Crippen molar-refractivity contribution in [3.8, 4) is 5.75 Å². The molecule has 1 unspecified atom stereocenters. The molecule has 1 aliphatic rings. The minimum Gasteiger partial charge on any atom is -0.489 e. The number of nitrogens with zero attached hydrogens (tertiary/aromatic N) is 3. The van der Waals surface area contributed by atoms with Crippen LogP contribution in [0.4, 0.5) is 4.39 Å². The summed E-state index contributed by atoms with van der Waals surface area (Å²) in [6.45, 7) is 0.0652. The lowest BCUT2D eigenvalue weighted by atomic mass is 10.1. The number of halogens is 1. The van der Waals surface area contributed by atoms with Crippen molar-refractivity contribution in [2.75, 3.05) is 13.2 Å². The van der Waals surface area contributed by atoms with Crippen molar-refractivity contribution in [3.05, 3.63) is 59.5 Å². The van der Waals surface area contributed by atoms with Crippen LogP contribution in [0.1, 0.15) is 16.1 Å². The van der Waals surface area contributed by atoms with Crippen LogP contribution in [0.3, 0.4) is 0 Å². The van der Waals surface area contributed by atoms with Crippen LogP contribution in [0, 0.1) is 5.82 Å². The van der Waals surface area contributed by atoms with E-state index in [1.54, 1.807) is 41.1 Å². The molecule has 1 atom stereocenters. The van der Waals surface area contributed by atoms with Crippen LogP contribution >= 0.6 is 0 Å². The van der Waals surface area contributed by atoms with Gasteiger partial charge in [-0.05, 0) is 24.3 Å². The highest BCUT2D eigenvalue weighted by molar-refractivity contribution is 6.07. The number of aliphatic hydroxyl groups is 1. The molecule has 2 aromatic carbocycles. The largest absolute Gasteiger partial charge is 0.489 e. The summed E-state index contributed by atoms with van der Waals surface area (Å²) in [7, 11) is 0. The first-order valence-corrected chi connectivity index (χ1v) is 9.07. The fourth-order valence-electron chi connectivity index (χ4n) is 3.44. The van der Waals surface area contributed by atoms with Crippen molar-refractivity contribution in [1.29, 1.82) is 0 Å². The molecule has 0 saturated heterocycles. The van der Waals surface area contributed by atoms with E-state index < -0.39 is 24.5 Å². The highest BCUT2D eigenvalue weighted by Gasteiger charge is 2.35. The second-order valence-electron chi connectivity index (χ2n) is 6.73. The van der Waals surface area contributed by atoms with E-state index in [9.17, 15) is 19.1 Å². The lowest BCUT2D eigenvalue weighted by molar-refractivity contribution is -0.123. The second-order valence-corrected chi connectivity index (χ2v) is 6.73. The Hall–Kier alpha value is -3.46. The summed E-state index contributed by atoms with van der Waals surface area (Å²) in [6, 6.07) is 10.3. The van der Waals surface area contributed by atoms with Crippen LogP contribution in [0.5, 0.6) is 5.75 Å². The zero-order valence-electron chi connectivity index (χ0n) is 15.4. The van der Waals surface area contributed by atoms with E-state index in [0.29, 0.717) is 34.5 Å². The number of carbonyl (C=O) groups excluding carboxylic acids is 2. The molecular formula is C20H19FN4O4. The quantitative estimate of drug-likeness (QED) is 0.645. The highest BCUT2D eigenvalue weighted by atomic mass is 19.1. The smallest absolute Gasteiger partial charge is 0.273 e. The Morgan fingerprint density at radius 3 is 2.79 bits per heavy atom. The molecule has 0 bridgehead atoms. The van der Waals surface area contributed by atoms with Crippen LogP contribution in [-0.4, -0.2) is 50.8 Å². The third kappa shape index (κ3) is 3.40. The molecule has 4 rings (SSSR count). The first-order valence-electron chi connectivity index (χ1n) is 9.07. The van der Waals surface area contributed by atoms with Crippen molar-refractivity contribution < 1.29 is 23.8 Å². The van der Waals surface area contributed by atoms with E-state index in [0.717, 1.165) is 0 Å². The molecule has 2 heterocycles. The Bertz CT molecular complexity index is 1100. The van der Waals surface area contributed by atoms with Gasteiger partial charge in [0.25, 0.3) is 5.91 Å². The van der Waals surface area contributed by atoms with Gasteiger partial charge in [0.15, 0.2) is 0 Å². The summed E-state index contributed by atoms with van der Waals surface area (Å²) >= 11 is 0.